The first-order valence-corrected chi connectivity index (χ1v) is 10.7. The lowest BCUT2D eigenvalue weighted by atomic mass is 10.2. The van der Waals surface area contributed by atoms with Crippen molar-refractivity contribution in [3.63, 3.8) is 0 Å². The van der Waals surface area contributed by atoms with Gasteiger partial charge in [-0.3, -0.25) is 9.67 Å². The van der Waals surface area contributed by atoms with Gasteiger partial charge in [-0.2, -0.15) is 5.10 Å². The summed E-state index contributed by atoms with van der Waals surface area (Å²) in [5.74, 6) is 2.25. The third-order valence-corrected chi connectivity index (χ3v) is 4.62. The van der Waals surface area contributed by atoms with Gasteiger partial charge < -0.3 is 29.6 Å². The van der Waals surface area contributed by atoms with Crippen molar-refractivity contribution >= 4 is 35.6 Å². The first kappa shape index (κ1) is 26.2. The number of nitrogens with zero attached hydrogens (tertiary/aromatic N) is 3. The molecule has 0 fully saturated rings. The number of methoxy groups -OCH3 is 1. The number of aromatic nitrogens is 2. The molecule has 9 nitrogen and oxygen atoms in total. The van der Waals surface area contributed by atoms with Crippen LogP contribution in [0.4, 0.5) is 5.69 Å². The van der Waals surface area contributed by atoms with E-state index < -0.39 is 0 Å². The molecule has 0 unspecified atom stereocenters. The van der Waals surface area contributed by atoms with Gasteiger partial charge in [0, 0.05) is 58.2 Å². The number of ether oxygens (including phenoxy) is 4. The van der Waals surface area contributed by atoms with E-state index in [1.807, 2.05) is 42.3 Å². The lowest BCUT2D eigenvalue weighted by Gasteiger charge is -2.14. The molecule has 32 heavy (non-hydrogen) atoms. The fraction of sp³-hybridized carbons (Fsp3) is 0.545. The molecule has 0 aliphatic carbocycles. The summed E-state index contributed by atoms with van der Waals surface area (Å²) in [5.41, 5.74) is 2.07. The average molecular weight is 559 g/mol. The quantitative estimate of drug-likeness (QED) is 0.190. The van der Waals surface area contributed by atoms with E-state index in [-0.39, 0.29) is 24.0 Å². The van der Waals surface area contributed by atoms with Crippen molar-refractivity contribution in [3.05, 3.63) is 36.2 Å². The van der Waals surface area contributed by atoms with E-state index in [2.05, 4.69) is 15.7 Å². The molecular weight excluding hydrogens is 525 g/mol. The van der Waals surface area contributed by atoms with Crippen LogP contribution in [0.3, 0.4) is 0 Å². The van der Waals surface area contributed by atoms with E-state index >= 15 is 0 Å². The normalized spacial score (nSPS) is 13.2. The van der Waals surface area contributed by atoms with Crippen LogP contribution in [0.1, 0.15) is 18.4 Å². The Bertz CT molecular complexity index is 830. The smallest absolute Gasteiger partial charge is 0.195 e. The molecule has 0 spiro atoms. The largest absolute Gasteiger partial charge is 0.490 e. The number of guanidine groups is 1. The lowest BCUT2D eigenvalue weighted by Crippen LogP contribution is -2.32. The standard InChI is InChI=1S/C22H33N5O4.HI/c1-27-17-18(16-25-27)7-9-24-22(23-8-3-10-29-14-13-28-2)26-19-5-6-20-21(15-19)31-12-4-11-30-20;/h5-6,15-17H,3-4,7-14H2,1-2H3,(H2,23,24,26);1H. The van der Waals surface area contributed by atoms with Gasteiger partial charge in [-0.25, -0.2) is 0 Å². The first-order valence-electron chi connectivity index (χ1n) is 10.7. The van der Waals surface area contributed by atoms with Crippen molar-refractivity contribution in [2.45, 2.75) is 19.3 Å². The maximum Gasteiger partial charge on any atom is 0.195 e. The van der Waals surface area contributed by atoms with Gasteiger partial charge >= 0.3 is 0 Å². The Labute approximate surface area is 206 Å². The van der Waals surface area contributed by atoms with Crippen LogP contribution in [0.5, 0.6) is 11.5 Å². The average Bonchev–Trinajstić information content (AvgIpc) is 3.04. The Morgan fingerprint density at radius 1 is 1.19 bits per heavy atom. The summed E-state index contributed by atoms with van der Waals surface area (Å²) in [5, 5.41) is 11.0. The molecule has 0 atom stereocenters. The number of halogens is 1. The summed E-state index contributed by atoms with van der Waals surface area (Å²) < 4.78 is 23.8. The molecule has 2 aromatic rings. The Morgan fingerprint density at radius 3 is 2.81 bits per heavy atom. The van der Waals surface area contributed by atoms with E-state index in [4.69, 9.17) is 23.9 Å². The highest BCUT2D eigenvalue weighted by Crippen LogP contribution is 2.32. The highest BCUT2D eigenvalue weighted by Gasteiger charge is 2.11. The van der Waals surface area contributed by atoms with Crippen molar-refractivity contribution < 1.29 is 18.9 Å². The van der Waals surface area contributed by atoms with Crippen LogP contribution in [0, 0.1) is 0 Å². The zero-order valence-corrected chi connectivity index (χ0v) is 21.2. The van der Waals surface area contributed by atoms with E-state index in [9.17, 15) is 0 Å². The van der Waals surface area contributed by atoms with Crippen molar-refractivity contribution in [1.29, 1.82) is 0 Å². The van der Waals surface area contributed by atoms with E-state index in [0.29, 0.717) is 39.6 Å². The molecule has 1 aliphatic heterocycles. The molecule has 0 saturated carbocycles. The van der Waals surface area contributed by atoms with Crippen LogP contribution >= 0.6 is 24.0 Å². The molecule has 1 aliphatic rings. The highest BCUT2D eigenvalue weighted by atomic mass is 127. The van der Waals surface area contributed by atoms with E-state index in [1.165, 1.54) is 5.56 Å². The molecule has 3 rings (SSSR count). The molecule has 1 aromatic heterocycles. The third kappa shape index (κ3) is 9.21. The summed E-state index contributed by atoms with van der Waals surface area (Å²) in [4.78, 5) is 4.69. The van der Waals surface area contributed by atoms with Crippen LogP contribution in [0.2, 0.25) is 0 Å². The number of aryl methyl sites for hydroxylation is 1. The Kier molecular flexibility index (Phi) is 12.2. The summed E-state index contributed by atoms with van der Waals surface area (Å²) in [6, 6.07) is 5.85. The van der Waals surface area contributed by atoms with Gasteiger partial charge in [-0.1, -0.05) is 0 Å². The van der Waals surface area contributed by atoms with Crippen molar-refractivity contribution in [2.24, 2.45) is 12.0 Å². The molecular formula is C22H34IN5O4. The minimum Gasteiger partial charge on any atom is -0.490 e. The van der Waals surface area contributed by atoms with Gasteiger partial charge in [0.05, 0.1) is 32.6 Å². The van der Waals surface area contributed by atoms with Gasteiger partial charge in [0.15, 0.2) is 17.5 Å². The lowest BCUT2D eigenvalue weighted by molar-refractivity contribution is 0.0702. The first-order chi connectivity index (χ1) is 15.2. The van der Waals surface area contributed by atoms with Crippen LogP contribution in [-0.2, 0) is 22.9 Å². The van der Waals surface area contributed by atoms with Gasteiger partial charge in [-0.15, -0.1) is 24.0 Å². The number of fused-ring (bicyclic) bond motifs is 1. The molecule has 0 amide bonds. The van der Waals surface area contributed by atoms with Crippen LogP contribution in [0.25, 0.3) is 0 Å². The van der Waals surface area contributed by atoms with Gasteiger partial charge in [-0.05, 0) is 30.5 Å². The number of nitrogens with one attached hydrogen (secondary N) is 2. The number of benzene rings is 1. The second-order valence-electron chi connectivity index (χ2n) is 7.23. The van der Waals surface area contributed by atoms with Crippen LogP contribution < -0.4 is 20.1 Å². The number of hydrogen-bond acceptors (Lipinski definition) is 6. The zero-order valence-electron chi connectivity index (χ0n) is 18.8. The number of rotatable bonds is 11. The minimum atomic E-state index is 0. The summed E-state index contributed by atoms with van der Waals surface area (Å²) >= 11 is 0. The van der Waals surface area contributed by atoms with Gasteiger partial charge in [0.2, 0.25) is 0 Å². The Hall–Kier alpha value is -2.05. The van der Waals surface area contributed by atoms with E-state index in [1.54, 1.807) is 7.11 Å². The zero-order chi connectivity index (χ0) is 21.7. The monoisotopic (exact) mass is 559 g/mol. The molecule has 0 bridgehead atoms. The fourth-order valence-corrected chi connectivity index (χ4v) is 3.05. The Balaban J connectivity index is 0.00000363. The van der Waals surface area contributed by atoms with Crippen molar-refractivity contribution in [2.75, 3.05) is 58.6 Å². The van der Waals surface area contributed by atoms with Crippen molar-refractivity contribution in [1.82, 2.24) is 15.1 Å². The summed E-state index contributed by atoms with van der Waals surface area (Å²) in [6.07, 6.45) is 6.47. The number of anilines is 1. The topological polar surface area (TPSA) is 91.2 Å². The molecule has 10 heteroatoms. The molecule has 0 saturated heterocycles. The SMILES string of the molecule is COCCOCCCN=C(NCCc1cnn(C)c1)Nc1ccc2c(c1)OCCCO2.I. The predicted octanol–water partition coefficient (Wildman–Crippen LogP) is 2.85. The summed E-state index contributed by atoms with van der Waals surface area (Å²) in [6.45, 7) is 4.59. The summed E-state index contributed by atoms with van der Waals surface area (Å²) in [7, 11) is 3.59. The van der Waals surface area contributed by atoms with Crippen LogP contribution in [0.15, 0.2) is 35.6 Å². The van der Waals surface area contributed by atoms with Crippen molar-refractivity contribution in [3.8, 4) is 11.5 Å². The molecule has 1 aromatic carbocycles. The second-order valence-corrected chi connectivity index (χ2v) is 7.23. The minimum absolute atomic E-state index is 0. The Morgan fingerprint density at radius 2 is 2.03 bits per heavy atom. The maximum atomic E-state index is 5.80. The molecule has 0 radical (unpaired) electrons. The third-order valence-electron chi connectivity index (χ3n) is 4.62. The fourth-order valence-electron chi connectivity index (χ4n) is 3.05. The molecule has 2 heterocycles. The van der Waals surface area contributed by atoms with Gasteiger partial charge in [0.1, 0.15) is 0 Å². The highest BCUT2D eigenvalue weighted by molar-refractivity contribution is 14.0. The number of aliphatic imine (C=N–C) groups is 1. The molecule has 178 valence electrons. The molecule has 2 N–H and O–H groups in total. The second kappa shape index (κ2) is 14.9. The maximum absolute atomic E-state index is 5.80. The predicted molar refractivity (Wildman–Crippen MR) is 136 cm³/mol. The van der Waals surface area contributed by atoms with Crippen LogP contribution in [-0.4, -0.2) is 69.0 Å². The van der Waals surface area contributed by atoms with Gasteiger partial charge in [0.25, 0.3) is 0 Å². The number of hydrogen-bond donors (Lipinski definition) is 2. The van der Waals surface area contributed by atoms with E-state index in [0.717, 1.165) is 49.0 Å².